The normalized spacial score (nSPS) is 10.7. The molecule has 2 aromatic heterocycles. The van der Waals surface area contributed by atoms with Gasteiger partial charge in [-0.1, -0.05) is 17.3 Å². The maximum Gasteiger partial charge on any atom is 0.280 e. The number of hydrogen-bond donors (Lipinski definition) is 2. The summed E-state index contributed by atoms with van der Waals surface area (Å²) in [5.74, 6) is 2.26. The number of anilines is 2. The van der Waals surface area contributed by atoms with Crippen LogP contribution in [0.1, 0.15) is 21.9 Å². The van der Waals surface area contributed by atoms with Crippen molar-refractivity contribution in [3.05, 3.63) is 59.6 Å². The van der Waals surface area contributed by atoms with E-state index in [4.69, 9.17) is 24.4 Å². The van der Waals surface area contributed by atoms with Gasteiger partial charge in [0, 0.05) is 6.07 Å². The summed E-state index contributed by atoms with van der Waals surface area (Å²) in [5, 5.41) is 10.7. The number of aromatic nitrogens is 4. The third kappa shape index (κ3) is 4.35. The molecule has 1 amide bonds. The number of nitrogens with one attached hydrogen (secondary N) is 1. The first kappa shape index (κ1) is 22.6. The Labute approximate surface area is 195 Å². The lowest BCUT2D eigenvalue weighted by atomic mass is 10.2. The molecule has 0 atom stereocenters. The Morgan fingerprint density at radius 1 is 1.09 bits per heavy atom. The van der Waals surface area contributed by atoms with E-state index in [1.165, 1.54) is 11.8 Å². The molecular formula is C23H24N6O5. The second-order valence-corrected chi connectivity index (χ2v) is 7.22. The molecule has 0 unspecified atom stereocenters. The van der Waals surface area contributed by atoms with Crippen LogP contribution >= 0.6 is 0 Å². The van der Waals surface area contributed by atoms with Crippen LogP contribution in [0.5, 0.6) is 17.2 Å². The van der Waals surface area contributed by atoms with Gasteiger partial charge in [0.05, 0.1) is 39.1 Å². The molecule has 0 aliphatic rings. The zero-order chi connectivity index (χ0) is 24.2. The number of benzene rings is 2. The number of carbonyl (C=O) groups excluding carboxylic acids is 1. The predicted octanol–water partition coefficient (Wildman–Crippen LogP) is 3.15. The van der Waals surface area contributed by atoms with E-state index in [1.54, 1.807) is 63.6 Å². The van der Waals surface area contributed by atoms with Gasteiger partial charge in [-0.25, -0.2) is 9.67 Å². The lowest BCUT2D eigenvalue weighted by Gasteiger charge is -2.08. The number of hydrogen-bond acceptors (Lipinski definition) is 9. The number of nitrogens with zero attached hydrogens (tertiary/aromatic N) is 4. The SMILES string of the molecule is COc1ccc(-c2nc(Cn3nnc(C(=O)Nc4ccccc4OC)c3N)c(C)o2)c(OC)c1. The topological polar surface area (TPSA) is 140 Å². The molecule has 0 fully saturated rings. The number of nitrogen functional groups attached to an aromatic ring is 1. The number of nitrogens with two attached hydrogens (primary N) is 1. The van der Waals surface area contributed by atoms with Crippen molar-refractivity contribution in [3.63, 3.8) is 0 Å². The van der Waals surface area contributed by atoms with E-state index >= 15 is 0 Å². The predicted molar refractivity (Wildman–Crippen MR) is 124 cm³/mol. The second-order valence-electron chi connectivity index (χ2n) is 7.22. The minimum Gasteiger partial charge on any atom is -0.497 e. The van der Waals surface area contributed by atoms with Crippen LogP contribution in [0.2, 0.25) is 0 Å². The van der Waals surface area contributed by atoms with Crippen LogP contribution in [0.15, 0.2) is 46.9 Å². The van der Waals surface area contributed by atoms with Crippen molar-refractivity contribution < 1.29 is 23.4 Å². The maximum absolute atomic E-state index is 12.7. The molecule has 176 valence electrons. The minimum atomic E-state index is -0.506. The Morgan fingerprint density at radius 2 is 1.85 bits per heavy atom. The van der Waals surface area contributed by atoms with Gasteiger partial charge >= 0.3 is 0 Å². The molecule has 0 bridgehead atoms. The summed E-state index contributed by atoms with van der Waals surface area (Å²) in [4.78, 5) is 17.3. The van der Waals surface area contributed by atoms with Gasteiger partial charge in [0.25, 0.3) is 5.91 Å². The van der Waals surface area contributed by atoms with Crippen molar-refractivity contribution in [2.45, 2.75) is 13.5 Å². The van der Waals surface area contributed by atoms with E-state index in [0.717, 1.165) is 0 Å². The Morgan fingerprint density at radius 3 is 2.59 bits per heavy atom. The van der Waals surface area contributed by atoms with Gasteiger partial charge in [-0.05, 0) is 31.2 Å². The standard InChI is InChI=1S/C23H24N6O5/c1-13-17(26-23(34-13)15-10-9-14(31-2)11-19(15)33-4)12-29-21(24)20(27-28-29)22(30)25-16-7-5-6-8-18(16)32-3/h5-11H,12,24H2,1-4H3,(H,25,30). The summed E-state index contributed by atoms with van der Waals surface area (Å²) in [6.45, 7) is 1.94. The monoisotopic (exact) mass is 464 g/mol. The van der Waals surface area contributed by atoms with Crippen LogP contribution in [-0.4, -0.2) is 47.2 Å². The summed E-state index contributed by atoms with van der Waals surface area (Å²) in [5.41, 5.74) is 7.91. The number of carbonyl (C=O) groups is 1. The van der Waals surface area contributed by atoms with Crippen molar-refractivity contribution in [1.29, 1.82) is 0 Å². The largest absolute Gasteiger partial charge is 0.497 e. The third-order valence-electron chi connectivity index (χ3n) is 5.17. The molecule has 0 spiro atoms. The highest BCUT2D eigenvalue weighted by atomic mass is 16.5. The van der Waals surface area contributed by atoms with Gasteiger partial charge < -0.3 is 29.7 Å². The van der Waals surface area contributed by atoms with Gasteiger partial charge in [0.2, 0.25) is 5.89 Å². The molecule has 0 aliphatic carbocycles. The summed E-state index contributed by atoms with van der Waals surface area (Å²) in [7, 11) is 4.66. The molecule has 3 N–H and O–H groups in total. The van der Waals surface area contributed by atoms with Gasteiger partial charge in [0.15, 0.2) is 11.5 Å². The van der Waals surface area contributed by atoms with E-state index in [1.807, 2.05) is 0 Å². The molecule has 11 heteroatoms. The van der Waals surface area contributed by atoms with Gasteiger partial charge in [-0.15, -0.1) is 5.10 Å². The zero-order valence-electron chi connectivity index (χ0n) is 19.2. The summed E-state index contributed by atoms with van der Waals surface area (Å²) < 4.78 is 23.2. The number of amides is 1. The number of aryl methyl sites for hydroxylation is 1. The summed E-state index contributed by atoms with van der Waals surface area (Å²) >= 11 is 0. The lowest BCUT2D eigenvalue weighted by Crippen LogP contribution is -2.16. The highest BCUT2D eigenvalue weighted by Crippen LogP contribution is 2.34. The smallest absolute Gasteiger partial charge is 0.280 e. The Hall–Kier alpha value is -4.54. The van der Waals surface area contributed by atoms with Crippen molar-refractivity contribution >= 4 is 17.4 Å². The lowest BCUT2D eigenvalue weighted by molar-refractivity contribution is 0.102. The van der Waals surface area contributed by atoms with Crippen molar-refractivity contribution in [2.75, 3.05) is 32.4 Å². The number of methoxy groups -OCH3 is 3. The van der Waals surface area contributed by atoms with Crippen LogP contribution in [-0.2, 0) is 6.54 Å². The fourth-order valence-corrected chi connectivity index (χ4v) is 3.34. The minimum absolute atomic E-state index is 0.0101. The summed E-state index contributed by atoms with van der Waals surface area (Å²) in [6, 6.07) is 12.4. The highest BCUT2D eigenvalue weighted by molar-refractivity contribution is 6.06. The number of ether oxygens (including phenoxy) is 3. The van der Waals surface area contributed by atoms with Gasteiger partial charge in [-0.2, -0.15) is 0 Å². The van der Waals surface area contributed by atoms with Crippen LogP contribution < -0.4 is 25.3 Å². The summed E-state index contributed by atoms with van der Waals surface area (Å²) in [6.07, 6.45) is 0. The Bertz CT molecular complexity index is 1330. The number of oxazole rings is 1. The first-order chi connectivity index (χ1) is 16.4. The average Bonchev–Trinajstić information content (AvgIpc) is 3.41. The van der Waals surface area contributed by atoms with Crippen molar-refractivity contribution in [2.24, 2.45) is 0 Å². The number of para-hydroxylation sites is 2. The molecular weight excluding hydrogens is 440 g/mol. The second kappa shape index (κ2) is 9.53. The number of rotatable bonds is 8. The quantitative estimate of drug-likeness (QED) is 0.402. The molecule has 0 aliphatic heterocycles. The molecule has 34 heavy (non-hydrogen) atoms. The highest BCUT2D eigenvalue weighted by Gasteiger charge is 2.21. The van der Waals surface area contributed by atoms with E-state index < -0.39 is 5.91 Å². The molecule has 0 saturated carbocycles. The van der Waals surface area contributed by atoms with Gasteiger partial charge in [0.1, 0.15) is 28.7 Å². The van der Waals surface area contributed by atoms with E-state index in [0.29, 0.717) is 45.8 Å². The average molecular weight is 464 g/mol. The molecule has 2 aromatic carbocycles. The molecule has 0 radical (unpaired) electrons. The van der Waals surface area contributed by atoms with Crippen LogP contribution in [0, 0.1) is 6.92 Å². The first-order valence-corrected chi connectivity index (χ1v) is 10.3. The first-order valence-electron chi connectivity index (χ1n) is 10.3. The molecule has 2 heterocycles. The maximum atomic E-state index is 12.7. The van der Waals surface area contributed by atoms with Crippen LogP contribution in [0.25, 0.3) is 11.5 Å². The molecule has 4 aromatic rings. The van der Waals surface area contributed by atoms with E-state index in [-0.39, 0.29) is 18.1 Å². The van der Waals surface area contributed by atoms with Crippen LogP contribution in [0.3, 0.4) is 0 Å². The Balaban J connectivity index is 1.56. The van der Waals surface area contributed by atoms with Crippen LogP contribution in [0.4, 0.5) is 11.5 Å². The van der Waals surface area contributed by atoms with E-state index in [2.05, 4.69) is 20.6 Å². The Kier molecular flexibility index (Phi) is 6.35. The molecule has 0 saturated heterocycles. The zero-order valence-corrected chi connectivity index (χ0v) is 19.2. The molecule has 11 nitrogen and oxygen atoms in total. The van der Waals surface area contributed by atoms with Gasteiger partial charge in [-0.3, -0.25) is 4.79 Å². The van der Waals surface area contributed by atoms with Crippen molar-refractivity contribution in [1.82, 2.24) is 20.0 Å². The van der Waals surface area contributed by atoms with Crippen molar-refractivity contribution in [3.8, 4) is 28.7 Å². The molecule has 4 rings (SSSR count). The fourth-order valence-electron chi connectivity index (χ4n) is 3.34. The van der Waals surface area contributed by atoms with E-state index in [9.17, 15) is 4.79 Å². The fraction of sp³-hybridized carbons (Fsp3) is 0.217. The third-order valence-corrected chi connectivity index (χ3v) is 5.17.